The van der Waals surface area contributed by atoms with Crippen LogP contribution in [0, 0.1) is 0 Å². The van der Waals surface area contributed by atoms with Gasteiger partial charge >= 0.3 is 0 Å². The van der Waals surface area contributed by atoms with E-state index in [1.165, 1.54) is 0 Å². The van der Waals surface area contributed by atoms with Crippen LogP contribution in [0.4, 0.5) is 17.5 Å². The van der Waals surface area contributed by atoms with Crippen LogP contribution >= 0.6 is 23.2 Å². The number of anilines is 3. The van der Waals surface area contributed by atoms with Gasteiger partial charge in [-0.3, -0.25) is 0 Å². The van der Waals surface area contributed by atoms with Gasteiger partial charge in [-0.05, 0) is 19.2 Å². The molecule has 8 heteroatoms. The van der Waals surface area contributed by atoms with E-state index in [-0.39, 0.29) is 0 Å². The number of piperazine rings is 1. The van der Waals surface area contributed by atoms with Gasteiger partial charge in [0.2, 0.25) is 5.95 Å². The van der Waals surface area contributed by atoms with E-state index in [4.69, 9.17) is 23.2 Å². The van der Waals surface area contributed by atoms with Crippen molar-refractivity contribution in [2.75, 3.05) is 43.4 Å². The van der Waals surface area contributed by atoms with Gasteiger partial charge in [0.1, 0.15) is 0 Å². The molecule has 0 spiro atoms. The summed E-state index contributed by atoms with van der Waals surface area (Å²) in [6.07, 6.45) is 1.55. The number of hydrogen-bond donors (Lipinski definition) is 1. The largest absolute Gasteiger partial charge is 0.337 e. The number of benzene rings is 1. The molecule has 2 aromatic rings. The van der Waals surface area contributed by atoms with E-state index < -0.39 is 0 Å². The van der Waals surface area contributed by atoms with E-state index in [0.29, 0.717) is 27.5 Å². The van der Waals surface area contributed by atoms with Gasteiger partial charge in [0.15, 0.2) is 5.82 Å². The Kier molecular flexibility index (Phi) is 4.61. The fourth-order valence-electron chi connectivity index (χ4n) is 2.24. The van der Waals surface area contributed by atoms with Gasteiger partial charge in [0, 0.05) is 26.2 Å². The molecule has 6 nitrogen and oxygen atoms in total. The predicted molar refractivity (Wildman–Crippen MR) is 89.3 cm³/mol. The van der Waals surface area contributed by atoms with Crippen molar-refractivity contribution in [3.8, 4) is 0 Å². The lowest BCUT2D eigenvalue weighted by Gasteiger charge is -2.32. The quantitative estimate of drug-likeness (QED) is 0.928. The van der Waals surface area contributed by atoms with Crippen LogP contribution in [0.3, 0.4) is 0 Å². The van der Waals surface area contributed by atoms with Crippen molar-refractivity contribution < 1.29 is 0 Å². The Labute approximate surface area is 139 Å². The maximum atomic E-state index is 6.16. The molecule has 1 N–H and O–H groups in total. The maximum absolute atomic E-state index is 6.16. The van der Waals surface area contributed by atoms with Crippen LogP contribution in [-0.2, 0) is 0 Å². The summed E-state index contributed by atoms with van der Waals surface area (Å²) in [6, 6.07) is 5.33. The average molecular weight is 339 g/mol. The standard InChI is InChI=1S/C14H16Cl2N6/c1-21-5-7-22(8-6-21)14-19-12(9-17-20-14)18-13-10(15)3-2-4-11(13)16/h2-4,9H,5-8H2,1H3,(H,18,19,20). The van der Waals surface area contributed by atoms with E-state index in [0.717, 1.165) is 26.2 Å². The van der Waals surface area contributed by atoms with Gasteiger partial charge in [-0.25, -0.2) is 0 Å². The lowest BCUT2D eigenvalue weighted by atomic mass is 10.3. The number of nitrogens with zero attached hydrogens (tertiary/aromatic N) is 5. The lowest BCUT2D eigenvalue weighted by Crippen LogP contribution is -2.45. The van der Waals surface area contributed by atoms with Crippen LogP contribution in [0.5, 0.6) is 0 Å². The van der Waals surface area contributed by atoms with Crippen molar-refractivity contribution in [3.05, 3.63) is 34.4 Å². The molecule has 22 heavy (non-hydrogen) atoms. The van der Waals surface area contributed by atoms with Crippen molar-refractivity contribution in [2.24, 2.45) is 0 Å². The normalized spacial score (nSPS) is 15.9. The fraction of sp³-hybridized carbons (Fsp3) is 0.357. The van der Waals surface area contributed by atoms with E-state index in [9.17, 15) is 0 Å². The van der Waals surface area contributed by atoms with E-state index in [1.807, 2.05) is 0 Å². The first-order valence-electron chi connectivity index (χ1n) is 6.98. The third-order valence-corrected chi connectivity index (χ3v) is 4.18. The molecule has 1 fully saturated rings. The highest BCUT2D eigenvalue weighted by Crippen LogP contribution is 2.32. The summed E-state index contributed by atoms with van der Waals surface area (Å²) in [7, 11) is 2.10. The summed E-state index contributed by atoms with van der Waals surface area (Å²) in [5, 5.41) is 12.3. The highest BCUT2D eigenvalue weighted by Gasteiger charge is 2.17. The third kappa shape index (κ3) is 3.40. The van der Waals surface area contributed by atoms with Gasteiger partial charge in [-0.2, -0.15) is 10.1 Å². The molecule has 0 amide bonds. The average Bonchev–Trinajstić information content (AvgIpc) is 2.52. The molecule has 1 aromatic heterocycles. The minimum Gasteiger partial charge on any atom is -0.337 e. The molecule has 0 atom stereocenters. The Morgan fingerprint density at radius 2 is 1.77 bits per heavy atom. The molecule has 0 aliphatic carbocycles. The number of halogens is 2. The van der Waals surface area contributed by atoms with E-state index in [2.05, 4.69) is 37.3 Å². The SMILES string of the molecule is CN1CCN(c2nncc(Nc3c(Cl)cccc3Cl)n2)CC1. The first-order chi connectivity index (χ1) is 10.6. The predicted octanol–water partition coefficient (Wildman–Crippen LogP) is 2.67. The molecule has 1 saturated heterocycles. The van der Waals surface area contributed by atoms with Gasteiger partial charge in [0.25, 0.3) is 0 Å². The number of likely N-dealkylation sites (N-methyl/N-ethyl adjacent to an activating group) is 1. The molecular weight excluding hydrogens is 323 g/mol. The molecular formula is C14H16Cl2N6. The van der Waals surface area contributed by atoms with Crippen molar-refractivity contribution in [1.82, 2.24) is 20.1 Å². The number of rotatable bonds is 3. The van der Waals surface area contributed by atoms with Crippen LogP contribution in [-0.4, -0.2) is 53.3 Å². The fourth-order valence-corrected chi connectivity index (χ4v) is 2.73. The van der Waals surface area contributed by atoms with Gasteiger partial charge in [0.05, 0.1) is 21.9 Å². The summed E-state index contributed by atoms with van der Waals surface area (Å²) < 4.78 is 0. The monoisotopic (exact) mass is 338 g/mol. The minimum atomic E-state index is 0.534. The maximum Gasteiger partial charge on any atom is 0.247 e. The number of para-hydroxylation sites is 1. The molecule has 1 aliphatic rings. The van der Waals surface area contributed by atoms with E-state index >= 15 is 0 Å². The highest BCUT2D eigenvalue weighted by molar-refractivity contribution is 6.39. The summed E-state index contributed by atoms with van der Waals surface area (Å²) in [5.41, 5.74) is 0.621. The lowest BCUT2D eigenvalue weighted by molar-refractivity contribution is 0.311. The van der Waals surface area contributed by atoms with Crippen LogP contribution in [0.15, 0.2) is 24.4 Å². The minimum absolute atomic E-state index is 0.534. The van der Waals surface area contributed by atoms with Gasteiger partial charge in [-0.15, -0.1) is 5.10 Å². The molecule has 1 aromatic carbocycles. The molecule has 3 rings (SSSR count). The van der Waals surface area contributed by atoms with Crippen molar-refractivity contribution >= 4 is 40.7 Å². The zero-order valence-corrected chi connectivity index (χ0v) is 13.6. The van der Waals surface area contributed by atoms with Crippen LogP contribution in [0.1, 0.15) is 0 Å². The number of aromatic nitrogens is 3. The molecule has 2 heterocycles. The van der Waals surface area contributed by atoms with Crippen molar-refractivity contribution in [3.63, 3.8) is 0 Å². The second-order valence-electron chi connectivity index (χ2n) is 5.15. The zero-order chi connectivity index (χ0) is 15.5. The first-order valence-corrected chi connectivity index (χ1v) is 7.73. The summed E-state index contributed by atoms with van der Waals surface area (Å²) in [4.78, 5) is 8.90. The highest BCUT2D eigenvalue weighted by atomic mass is 35.5. The summed E-state index contributed by atoms with van der Waals surface area (Å²) in [6.45, 7) is 3.73. The number of nitrogens with one attached hydrogen (secondary N) is 1. The Bertz CT molecular complexity index is 637. The van der Waals surface area contributed by atoms with Gasteiger partial charge in [-0.1, -0.05) is 29.3 Å². The van der Waals surface area contributed by atoms with Crippen molar-refractivity contribution in [1.29, 1.82) is 0 Å². The van der Waals surface area contributed by atoms with Crippen molar-refractivity contribution in [2.45, 2.75) is 0 Å². The Morgan fingerprint density at radius 3 is 2.45 bits per heavy atom. The van der Waals surface area contributed by atoms with Crippen LogP contribution in [0.2, 0.25) is 10.0 Å². The smallest absolute Gasteiger partial charge is 0.247 e. The molecule has 0 saturated carbocycles. The molecule has 0 radical (unpaired) electrons. The van der Waals surface area contributed by atoms with Crippen LogP contribution in [0.25, 0.3) is 0 Å². The molecule has 0 unspecified atom stereocenters. The third-order valence-electron chi connectivity index (χ3n) is 3.55. The Balaban J connectivity index is 1.79. The summed E-state index contributed by atoms with van der Waals surface area (Å²) >= 11 is 12.3. The molecule has 116 valence electrons. The summed E-state index contributed by atoms with van der Waals surface area (Å²) in [5.74, 6) is 1.18. The number of hydrogen-bond acceptors (Lipinski definition) is 6. The zero-order valence-electron chi connectivity index (χ0n) is 12.1. The van der Waals surface area contributed by atoms with E-state index in [1.54, 1.807) is 24.4 Å². The topological polar surface area (TPSA) is 57.2 Å². The second-order valence-corrected chi connectivity index (χ2v) is 5.97. The van der Waals surface area contributed by atoms with Crippen LogP contribution < -0.4 is 10.2 Å². The van der Waals surface area contributed by atoms with Gasteiger partial charge < -0.3 is 15.1 Å². The Hall–Kier alpha value is -1.63. The first kappa shape index (κ1) is 15.3. The molecule has 1 aliphatic heterocycles. The Morgan fingerprint density at radius 1 is 1.09 bits per heavy atom. The second kappa shape index (κ2) is 6.64. The molecule has 0 bridgehead atoms.